The number of nitrogens with one attached hydrogen (secondary N) is 2. The minimum Gasteiger partial charge on any atom is -0.454 e. The fourth-order valence-corrected chi connectivity index (χ4v) is 3.23. The molecule has 1 aromatic carbocycles. The second-order valence-corrected chi connectivity index (χ2v) is 5.99. The Morgan fingerprint density at radius 2 is 2.14 bits per heavy atom. The second kappa shape index (κ2) is 5.82. The monoisotopic (exact) mass is 313 g/mol. The lowest BCUT2D eigenvalue weighted by Gasteiger charge is -2.06. The van der Waals surface area contributed by atoms with E-state index in [4.69, 9.17) is 9.47 Å². The van der Waals surface area contributed by atoms with Gasteiger partial charge in [-0.2, -0.15) is 5.10 Å². The highest BCUT2D eigenvalue weighted by atomic mass is 32.1. The van der Waals surface area contributed by atoms with Crippen LogP contribution >= 0.6 is 11.3 Å². The van der Waals surface area contributed by atoms with Crippen LogP contribution in [0.1, 0.15) is 11.1 Å². The van der Waals surface area contributed by atoms with E-state index < -0.39 is 0 Å². The number of aromatic nitrogens is 2. The Kier molecular flexibility index (Phi) is 3.54. The molecule has 3 heterocycles. The summed E-state index contributed by atoms with van der Waals surface area (Å²) >= 11 is 1.71. The molecule has 0 aliphatic carbocycles. The smallest absolute Gasteiger partial charge is 0.231 e. The maximum absolute atomic E-state index is 5.40. The van der Waals surface area contributed by atoms with Crippen LogP contribution in [0, 0.1) is 0 Å². The molecule has 4 rings (SSSR count). The van der Waals surface area contributed by atoms with Gasteiger partial charge in [-0.3, -0.25) is 5.10 Å². The number of benzene rings is 1. The van der Waals surface area contributed by atoms with Crippen molar-refractivity contribution in [1.29, 1.82) is 0 Å². The van der Waals surface area contributed by atoms with Crippen LogP contribution in [0.4, 0.5) is 0 Å². The average molecular weight is 313 g/mol. The summed E-state index contributed by atoms with van der Waals surface area (Å²) in [7, 11) is 0. The average Bonchev–Trinajstić information content (AvgIpc) is 3.27. The van der Waals surface area contributed by atoms with Crippen LogP contribution < -0.4 is 14.8 Å². The van der Waals surface area contributed by atoms with Crippen LogP contribution in [-0.2, 0) is 13.1 Å². The van der Waals surface area contributed by atoms with Crippen LogP contribution in [0.15, 0.2) is 41.9 Å². The summed E-state index contributed by atoms with van der Waals surface area (Å²) < 4.78 is 10.7. The molecular formula is C16H15N3O2S. The van der Waals surface area contributed by atoms with Crippen molar-refractivity contribution < 1.29 is 9.47 Å². The summed E-state index contributed by atoms with van der Waals surface area (Å²) in [5.41, 5.74) is 3.43. The van der Waals surface area contributed by atoms with Crippen molar-refractivity contribution in [3.05, 3.63) is 53.0 Å². The zero-order valence-corrected chi connectivity index (χ0v) is 12.7. The summed E-state index contributed by atoms with van der Waals surface area (Å²) in [4.78, 5) is 1.21. The number of fused-ring (bicyclic) bond motifs is 1. The van der Waals surface area contributed by atoms with Crippen molar-refractivity contribution in [2.45, 2.75) is 13.1 Å². The quantitative estimate of drug-likeness (QED) is 0.759. The van der Waals surface area contributed by atoms with E-state index in [2.05, 4.69) is 33.0 Å². The third kappa shape index (κ3) is 2.58. The first-order valence-electron chi connectivity index (χ1n) is 7.05. The molecule has 0 amide bonds. The summed E-state index contributed by atoms with van der Waals surface area (Å²) in [6, 6.07) is 10.2. The summed E-state index contributed by atoms with van der Waals surface area (Å²) in [6.45, 7) is 1.84. The van der Waals surface area contributed by atoms with Gasteiger partial charge in [-0.15, -0.1) is 11.3 Å². The Balaban J connectivity index is 1.41. The van der Waals surface area contributed by atoms with Crippen LogP contribution in [0.25, 0.3) is 10.6 Å². The predicted octanol–water partition coefficient (Wildman–Crippen LogP) is 3.16. The molecule has 5 nitrogen and oxygen atoms in total. The van der Waals surface area contributed by atoms with Gasteiger partial charge in [0.05, 0.1) is 16.8 Å². The molecule has 2 N–H and O–H groups in total. The van der Waals surface area contributed by atoms with Crippen molar-refractivity contribution in [3.63, 3.8) is 0 Å². The highest BCUT2D eigenvalue weighted by Crippen LogP contribution is 2.32. The molecule has 3 aromatic rings. The molecule has 0 spiro atoms. The molecule has 0 saturated heterocycles. The van der Waals surface area contributed by atoms with Gasteiger partial charge >= 0.3 is 0 Å². The van der Waals surface area contributed by atoms with Gasteiger partial charge in [0, 0.05) is 18.7 Å². The predicted molar refractivity (Wildman–Crippen MR) is 85.0 cm³/mol. The number of hydrogen-bond donors (Lipinski definition) is 2. The third-order valence-electron chi connectivity index (χ3n) is 3.57. The summed E-state index contributed by atoms with van der Waals surface area (Å²) in [6.07, 6.45) is 1.88. The van der Waals surface area contributed by atoms with Gasteiger partial charge in [0.1, 0.15) is 0 Å². The first-order chi connectivity index (χ1) is 10.9. The lowest BCUT2D eigenvalue weighted by molar-refractivity contribution is 0.174. The summed E-state index contributed by atoms with van der Waals surface area (Å²) in [5, 5.41) is 12.7. The van der Waals surface area contributed by atoms with Crippen LogP contribution in [0.5, 0.6) is 11.5 Å². The Bertz CT molecular complexity index is 768. The highest BCUT2D eigenvalue weighted by molar-refractivity contribution is 7.13. The van der Waals surface area contributed by atoms with Gasteiger partial charge in [-0.05, 0) is 29.1 Å². The zero-order valence-electron chi connectivity index (χ0n) is 11.8. The minimum absolute atomic E-state index is 0.311. The Labute approximate surface area is 131 Å². The molecule has 22 heavy (non-hydrogen) atoms. The third-order valence-corrected chi connectivity index (χ3v) is 4.45. The Hall–Kier alpha value is -2.31. The first kappa shape index (κ1) is 13.4. The summed E-state index contributed by atoms with van der Waals surface area (Å²) in [5.74, 6) is 1.64. The Morgan fingerprint density at radius 1 is 1.18 bits per heavy atom. The van der Waals surface area contributed by atoms with Crippen molar-refractivity contribution in [3.8, 4) is 22.1 Å². The first-order valence-corrected chi connectivity index (χ1v) is 7.93. The maximum Gasteiger partial charge on any atom is 0.231 e. The van der Waals surface area contributed by atoms with E-state index in [0.717, 1.165) is 30.3 Å². The number of aromatic amines is 1. The number of nitrogens with zero attached hydrogens (tertiary/aromatic N) is 1. The van der Waals surface area contributed by atoms with E-state index in [1.54, 1.807) is 11.3 Å². The van der Waals surface area contributed by atoms with E-state index in [-0.39, 0.29) is 0 Å². The van der Waals surface area contributed by atoms with Gasteiger partial charge in [0.15, 0.2) is 11.5 Å². The van der Waals surface area contributed by atoms with Gasteiger partial charge in [-0.1, -0.05) is 12.1 Å². The SMILES string of the molecule is c1csc(-c2[nH]ncc2CNCc2ccc3c(c2)OCO3)c1. The number of H-pyrrole nitrogens is 1. The van der Waals surface area contributed by atoms with Gasteiger partial charge < -0.3 is 14.8 Å². The molecule has 0 fully saturated rings. The molecule has 112 valence electrons. The fourth-order valence-electron chi connectivity index (χ4n) is 2.47. The number of hydrogen-bond acceptors (Lipinski definition) is 5. The van der Waals surface area contributed by atoms with E-state index >= 15 is 0 Å². The van der Waals surface area contributed by atoms with Crippen LogP contribution in [0.3, 0.4) is 0 Å². The molecule has 0 bridgehead atoms. The van der Waals surface area contributed by atoms with Crippen LogP contribution in [-0.4, -0.2) is 17.0 Å². The lowest BCUT2D eigenvalue weighted by atomic mass is 10.2. The molecule has 2 aromatic heterocycles. The number of thiophene rings is 1. The van der Waals surface area contributed by atoms with E-state index in [1.165, 1.54) is 16.0 Å². The van der Waals surface area contributed by atoms with E-state index in [1.807, 2.05) is 24.4 Å². The maximum atomic E-state index is 5.40. The van der Waals surface area contributed by atoms with Crippen molar-refractivity contribution in [2.75, 3.05) is 6.79 Å². The zero-order chi connectivity index (χ0) is 14.8. The van der Waals surface area contributed by atoms with Gasteiger partial charge in [0.2, 0.25) is 6.79 Å². The largest absolute Gasteiger partial charge is 0.454 e. The normalized spacial score (nSPS) is 12.7. The van der Waals surface area contributed by atoms with Crippen LogP contribution in [0.2, 0.25) is 0 Å². The molecular weight excluding hydrogens is 298 g/mol. The van der Waals surface area contributed by atoms with E-state index in [9.17, 15) is 0 Å². The second-order valence-electron chi connectivity index (χ2n) is 5.04. The Morgan fingerprint density at radius 3 is 3.05 bits per heavy atom. The topological polar surface area (TPSA) is 59.2 Å². The lowest BCUT2D eigenvalue weighted by Crippen LogP contribution is -2.12. The molecule has 1 aliphatic rings. The molecule has 6 heteroatoms. The minimum atomic E-state index is 0.311. The number of rotatable bonds is 5. The van der Waals surface area contributed by atoms with Gasteiger partial charge in [0.25, 0.3) is 0 Å². The fraction of sp³-hybridized carbons (Fsp3) is 0.188. The highest BCUT2D eigenvalue weighted by Gasteiger charge is 2.13. The van der Waals surface area contributed by atoms with Crippen molar-refractivity contribution in [2.24, 2.45) is 0 Å². The van der Waals surface area contributed by atoms with Crippen molar-refractivity contribution in [1.82, 2.24) is 15.5 Å². The molecule has 0 atom stereocenters. The van der Waals surface area contributed by atoms with Crippen molar-refractivity contribution >= 4 is 11.3 Å². The molecule has 0 unspecified atom stereocenters. The molecule has 1 aliphatic heterocycles. The van der Waals surface area contributed by atoms with E-state index in [0.29, 0.717) is 6.79 Å². The molecule has 0 radical (unpaired) electrons. The van der Waals surface area contributed by atoms with Gasteiger partial charge in [-0.25, -0.2) is 0 Å². The molecule has 0 saturated carbocycles. The standard InChI is InChI=1S/C16H15N3O2S/c1-2-15(22-5-1)16-12(9-18-19-16)8-17-7-11-3-4-13-14(6-11)21-10-20-13/h1-6,9,17H,7-8,10H2,(H,18,19). The number of ether oxygens (including phenoxy) is 2.